The molecule has 4 rings (SSSR count). The highest BCUT2D eigenvalue weighted by Crippen LogP contribution is 2.30. The number of carbonyl (C=O) groups is 1. The van der Waals surface area contributed by atoms with E-state index >= 15 is 0 Å². The number of nitro groups is 1. The number of fused-ring (bicyclic) bond motifs is 2. The summed E-state index contributed by atoms with van der Waals surface area (Å²) in [6.45, 7) is -0.127. The number of rotatable bonds is 5. The average Bonchev–Trinajstić information content (AvgIpc) is 3.16. The monoisotopic (exact) mass is 411 g/mol. The molecule has 148 valence electrons. The molecule has 0 unspecified atom stereocenters. The van der Waals surface area contributed by atoms with Crippen LogP contribution in [0.25, 0.3) is 11.0 Å². The lowest BCUT2D eigenvalue weighted by atomic mass is 10.0. The highest BCUT2D eigenvalue weighted by atomic mass is 32.2. The molecule has 1 aromatic heterocycles. The predicted molar refractivity (Wildman–Crippen MR) is 109 cm³/mol. The zero-order valence-electron chi connectivity index (χ0n) is 15.6. The lowest BCUT2D eigenvalue weighted by Crippen LogP contribution is -2.09. The molecular formula is C21H17NO6S. The zero-order valence-corrected chi connectivity index (χ0v) is 16.4. The van der Waals surface area contributed by atoms with Gasteiger partial charge in [0.15, 0.2) is 0 Å². The van der Waals surface area contributed by atoms with E-state index in [1.54, 1.807) is 6.26 Å². The minimum absolute atomic E-state index is 0.0858. The van der Waals surface area contributed by atoms with Crippen LogP contribution in [0.2, 0.25) is 0 Å². The van der Waals surface area contributed by atoms with Crippen molar-refractivity contribution < 1.29 is 18.9 Å². The molecule has 0 saturated heterocycles. The van der Waals surface area contributed by atoms with Gasteiger partial charge in [0.2, 0.25) is 0 Å². The lowest BCUT2D eigenvalue weighted by Gasteiger charge is -2.09. The van der Waals surface area contributed by atoms with Gasteiger partial charge in [-0.1, -0.05) is 0 Å². The van der Waals surface area contributed by atoms with Gasteiger partial charge in [0.05, 0.1) is 15.4 Å². The Labute approximate surface area is 169 Å². The van der Waals surface area contributed by atoms with Crippen molar-refractivity contribution in [1.29, 1.82) is 0 Å². The number of esters is 1. The van der Waals surface area contributed by atoms with E-state index in [9.17, 15) is 19.7 Å². The molecule has 0 amide bonds. The largest absolute Gasteiger partial charge is 0.457 e. The summed E-state index contributed by atoms with van der Waals surface area (Å²) in [5, 5.41) is 11.9. The number of nitro benzene ring substituents is 1. The number of carbonyl (C=O) groups excluding carboxylic acids is 1. The van der Waals surface area contributed by atoms with Crippen LogP contribution in [0.15, 0.2) is 50.5 Å². The van der Waals surface area contributed by atoms with Crippen LogP contribution in [-0.4, -0.2) is 17.1 Å². The van der Waals surface area contributed by atoms with E-state index < -0.39 is 16.5 Å². The van der Waals surface area contributed by atoms with E-state index in [4.69, 9.17) is 9.15 Å². The van der Waals surface area contributed by atoms with Gasteiger partial charge in [0, 0.05) is 23.1 Å². The summed E-state index contributed by atoms with van der Waals surface area (Å²) in [4.78, 5) is 35.5. The summed E-state index contributed by atoms with van der Waals surface area (Å²) >= 11 is 1.23. The van der Waals surface area contributed by atoms with Crippen LogP contribution in [0.1, 0.15) is 33.5 Å². The summed E-state index contributed by atoms with van der Waals surface area (Å²) in [7, 11) is 0. The summed E-state index contributed by atoms with van der Waals surface area (Å²) in [6.07, 6.45) is 4.71. The molecule has 2 aromatic carbocycles. The number of hydrogen-bond acceptors (Lipinski definition) is 7. The van der Waals surface area contributed by atoms with Crippen LogP contribution in [0.5, 0.6) is 0 Å². The molecule has 0 fully saturated rings. The van der Waals surface area contributed by atoms with E-state index in [0.29, 0.717) is 16.0 Å². The molecule has 29 heavy (non-hydrogen) atoms. The minimum Gasteiger partial charge on any atom is -0.457 e. The maximum atomic E-state index is 12.4. The molecule has 7 nitrogen and oxygen atoms in total. The Balaban J connectivity index is 1.61. The summed E-state index contributed by atoms with van der Waals surface area (Å²) in [6, 6.07) is 9.41. The van der Waals surface area contributed by atoms with Crippen molar-refractivity contribution in [2.75, 3.05) is 6.26 Å². The molecule has 1 heterocycles. The molecule has 8 heteroatoms. The predicted octanol–water partition coefficient (Wildman–Crippen LogP) is 4.27. The molecule has 0 bridgehead atoms. The maximum Gasteiger partial charge on any atom is 0.338 e. The number of thioether (sulfide) groups is 1. The fraction of sp³-hybridized carbons (Fsp3) is 0.238. The van der Waals surface area contributed by atoms with Gasteiger partial charge in [-0.15, -0.1) is 11.8 Å². The SMILES string of the molecule is CSc1ccc(C(=O)OCc2cc(=O)oc3cc4c(cc23)CCC4)cc1[N+](=O)[O-]. The third-order valence-electron chi connectivity index (χ3n) is 5.01. The number of ether oxygens (including phenoxy) is 1. The standard InChI is InChI=1S/C21H17NO6S/c1-29-19-6-5-14(8-17(19)22(25)26)21(24)27-11-15-10-20(23)28-18-9-13-4-2-3-12(13)7-16(15)18/h5-10H,2-4,11H2,1H3. The van der Waals surface area contributed by atoms with Gasteiger partial charge in [0.25, 0.3) is 5.69 Å². The summed E-state index contributed by atoms with van der Waals surface area (Å²) < 4.78 is 10.7. The van der Waals surface area contributed by atoms with Gasteiger partial charge in [-0.25, -0.2) is 9.59 Å². The normalized spacial score (nSPS) is 12.7. The zero-order chi connectivity index (χ0) is 20.5. The van der Waals surface area contributed by atoms with Gasteiger partial charge < -0.3 is 9.15 Å². The van der Waals surface area contributed by atoms with Crippen LogP contribution in [0.3, 0.4) is 0 Å². The van der Waals surface area contributed by atoms with Crippen LogP contribution in [-0.2, 0) is 24.2 Å². The Morgan fingerprint density at radius 3 is 2.69 bits per heavy atom. The second-order valence-electron chi connectivity index (χ2n) is 6.78. The van der Waals surface area contributed by atoms with Gasteiger partial charge in [-0.3, -0.25) is 10.1 Å². The average molecular weight is 411 g/mol. The molecule has 0 N–H and O–H groups in total. The lowest BCUT2D eigenvalue weighted by molar-refractivity contribution is -0.387. The molecule has 3 aromatic rings. The van der Waals surface area contributed by atoms with Crippen LogP contribution < -0.4 is 5.63 Å². The summed E-state index contributed by atoms with van der Waals surface area (Å²) in [5.74, 6) is -0.691. The topological polar surface area (TPSA) is 99.7 Å². The molecule has 0 saturated carbocycles. The van der Waals surface area contributed by atoms with E-state index in [0.717, 1.165) is 24.6 Å². The Morgan fingerprint density at radius 1 is 1.21 bits per heavy atom. The Bertz CT molecular complexity index is 1200. The van der Waals surface area contributed by atoms with Crippen molar-refractivity contribution in [3.63, 3.8) is 0 Å². The minimum atomic E-state index is -0.691. The Hall–Kier alpha value is -3.13. The van der Waals surface area contributed by atoms with Gasteiger partial charge >= 0.3 is 11.6 Å². The maximum absolute atomic E-state index is 12.4. The fourth-order valence-electron chi connectivity index (χ4n) is 3.60. The van der Waals surface area contributed by atoms with Crippen LogP contribution in [0, 0.1) is 10.1 Å². The quantitative estimate of drug-likeness (QED) is 0.203. The molecule has 0 aliphatic heterocycles. The van der Waals surface area contributed by atoms with Crippen molar-refractivity contribution in [1.82, 2.24) is 0 Å². The van der Waals surface area contributed by atoms with E-state index in [1.807, 2.05) is 12.1 Å². The molecule has 0 atom stereocenters. The van der Waals surface area contributed by atoms with Crippen molar-refractivity contribution in [2.24, 2.45) is 0 Å². The van der Waals surface area contributed by atoms with Crippen LogP contribution >= 0.6 is 11.8 Å². The van der Waals surface area contributed by atoms with Gasteiger partial charge in [0.1, 0.15) is 12.2 Å². The number of benzene rings is 2. The highest BCUT2D eigenvalue weighted by Gasteiger charge is 2.19. The second-order valence-corrected chi connectivity index (χ2v) is 7.63. The van der Waals surface area contributed by atoms with Gasteiger partial charge in [-0.2, -0.15) is 0 Å². The Kier molecular flexibility index (Phi) is 5.10. The number of nitrogens with zero attached hydrogens (tertiary/aromatic N) is 1. The first-order chi connectivity index (χ1) is 14.0. The fourth-order valence-corrected chi connectivity index (χ4v) is 4.15. The van der Waals surface area contributed by atoms with E-state index in [1.165, 1.54) is 47.2 Å². The Morgan fingerprint density at radius 2 is 1.97 bits per heavy atom. The first-order valence-electron chi connectivity index (χ1n) is 9.04. The van der Waals surface area contributed by atoms with Crippen molar-refractivity contribution >= 4 is 34.4 Å². The van der Waals surface area contributed by atoms with Crippen molar-refractivity contribution in [3.8, 4) is 0 Å². The highest BCUT2D eigenvalue weighted by molar-refractivity contribution is 7.98. The number of aryl methyl sites for hydroxylation is 2. The smallest absolute Gasteiger partial charge is 0.338 e. The van der Waals surface area contributed by atoms with Crippen LogP contribution in [0.4, 0.5) is 5.69 Å². The van der Waals surface area contributed by atoms with Crippen molar-refractivity contribution in [2.45, 2.75) is 30.8 Å². The van der Waals surface area contributed by atoms with Crippen molar-refractivity contribution in [3.05, 3.63) is 79.2 Å². The van der Waals surface area contributed by atoms with E-state index in [-0.39, 0.29) is 17.9 Å². The molecule has 1 aliphatic rings. The third-order valence-corrected chi connectivity index (χ3v) is 5.80. The molecular weight excluding hydrogens is 394 g/mol. The first kappa shape index (κ1) is 19.2. The number of hydrogen-bond donors (Lipinski definition) is 0. The molecule has 0 radical (unpaired) electrons. The van der Waals surface area contributed by atoms with Gasteiger partial charge in [-0.05, 0) is 60.9 Å². The molecule has 1 aliphatic carbocycles. The second kappa shape index (κ2) is 7.71. The van der Waals surface area contributed by atoms with E-state index in [2.05, 4.69) is 0 Å². The first-order valence-corrected chi connectivity index (χ1v) is 10.3. The summed E-state index contributed by atoms with van der Waals surface area (Å²) in [5.41, 5.74) is 2.84. The molecule has 0 spiro atoms. The third kappa shape index (κ3) is 3.75.